The molecule has 0 aliphatic rings. The summed E-state index contributed by atoms with van der Waals surface area (Å²) in [7, 11) is 0. The summed E-state index contributed by atoms with van der Waals surface area (Å²) in [5.74, 6) is 0.503. The van der Waals surface area contributed by atoms with Crippen molar-refractivity contribution in [2.75, 3.05) is 0 Å². The number of rotatable bonds is 3. The molecule has 0 aliphatic heterocycles. The van der Waals surface area contributed by atoms with Gasteiger partial charge in [-0.15, -0.1) is 0 Å². The molecule has 1 atom stereocenters. The molecule has 27 heavy (non-hydrogen) atoms. The van der Waals surface area contributed by atoms with Gasteiger partial charge in [-0.1, -0.05) is 112 Å². The molecule has 1 unspecified atom stereocenters. The van der Waals surface area contributed by atoms with Gasteiger partial charge >= 0.3 is 0 Å². The van der Waals surface area contributed by atoms with Gasteiger partial charge in [0, 0.05) is 0 Å². The van der Waals surface area contributed by atoms with E-state index in [-0.39, 0.29) is 16.2 Å². The van der Waals surface area contributed by atoms with Crippen LogP contribution in [0.5, 0.6) is 0 Å². The Morgan fingerprint density at radius 2 is 1.07 bits per heavy atom. The molecule has 0 saturated heterocycles. The molecule has 0 radical (unpaired) electrons. The van der Waals surface area contributed by atoms with Gasteiger partial charge in [-0.25, -0.2) is 0 Å². The molecule has 0 bridgehead atoms. The zero-order valence-electron chi connectivity index (χ0n) is 19.3. The summed E-state index contributed by atoms with van der Waals surface area (Å²) in [6.45, 7) is 23.2. The van der Waals surface area contributed by atoms with E-state index in [0.717, 1.165) is 6.42 Å². The monoisotopic (exact) mass is 364 g/mol. The molecule has 0 aromatic heterocycles. The van der Waals surface area contributed by atoms with Crippen molar-refractivity contribution in [3.05, 3.63) is 70.3 Å². The summed E-state index contributed by atoms with van der Waals surface area (Å²) >= 11 is 0. The van der Waals surface area contributed by atoms with Gasteiger partial charge in [-0.3, -0.25) is 0 Å². The van der Waals surface area contributed by atoms with Gasteiger partial charge in [-0.05, 0) is 56.4 Å². The minimum absolute atomic E-state index is 0.159. The van der Waals surface area contributed by atoms with Crippen LogP contribution in [0, 0.1) is 0 Å². The van der Waals surface area contributed by atoms with Crippen LogP contribution in [0.4, 0.5) is 0 Å². The molecule has 0 nitrogen and oxygen atoms in total. The summed E-state index contributed by atoms with van der Waals surface area (Å²) in [5.41, 5.74) is 7.90. The molecule has 2 aromatic rings. The number of hydrogen-bond donors (Lipinski definition) is 0. The fraction of sp³-hybridized carbons (Fsp3) is 0.556. The number of hydrogen-bond acceptors (Lipinski definition) is 0. The fourth-order valence-corrected chi connectivity index (χ4v) is 3.95. The van der Waals surface area contributed by atoms with Crippen LogP contribution in [0.25, 0.3) is 0 Å². The Bertz CT molecular complexity index is 723. The normalized spacial score (nSPS) is 14.3. The number of benzene rings is 2. The van der Waals surface area contributed by atoms with E-state index in [4.69, 9.17) is 0 Å². The molecule has 0 spiro atoms. The molecule has 2 rings (SSSR count). The summed E-state index contributed by atoms with van der Waals surface area (Å²) in [6, 6.07) is 16.2. The second-order valence-electron chi connectivity index (χ2n) is 11.3. The zero-order valence-corrected chi connectivity index (χ0v) is 19.3. The summed E-state index contributed by atoms with van der Waals surface area (Å²) in [5, 5.41) is 0. The van der Waals surface area contributed by atoms with Crippen molar-refractivity contribution in [2.45, 2.75) is 97.8 Å². The predicted octanol–water partition coefficient (Wildman–Crippen LogP) is 7.93. The highest BCUT2D eigenvalue weighted by Gasteiger charge is 2.26. The van der Waals surface area contributed by atoms with Crippen molar-refractivity contribution in [3.8, 4) is 0 Å². The molecule has 148 valence electrons. The first-order valence-corrected chi connectivity index (χ1v) is 10.4. The molecular weight excluding hydrogens is 324 g/mol. The van der Waals surface area contributed by atoms with Crippen molar-refractivity contribution >= 4 is 0 Å². The molecule has 0 fully saturated rings. The topological polar surface area (TPSA) is 0 Å². The quantitative estimate of drug-likeness (QED) is 0.518. The Kier molecular flexibility index (Phi) is 6.00. The second kappa shape index (κ2) is 7.46. The minimum atomic E-state index is 0.159. The molecule has 0 heteroatoms. The lowest BCUT2D eigenvalue weighted by Gasteiger charge is -2.31. The van der Waals surface area contributed by atoms with E-state index >= 15 is 0 Å². The maximum Gasteiger partial charge on any atom is -0.0129 e. The minimum Gasteiger partial charge on any atom is -0.0617 e. The van der Waals surface area contributed by atoms with Crippen LogP contribution < -0.4 is 0 Å². The van der Waals surface area contributed by atoms with Gasteiger partial charge in [0.2, 0.25) is 0 Å². The fourth-order valence-electron chi connectivity index (χ4n) is 3.95. The standard InChI is InChI=1S/C27H40/c1-19(20-14-16-21(17-15-20)25(2,3)4)18-22-23(26(5,6)7)12-11-13-24(22)27(8,9)10/h11-17,19H,18H2,1-10H3. The third-order valence-corrected chi connectivity index (χ3v) is 5.65. The SMILES string of the molecule is CC(Cc1c(C(C)(C)C)cccc1C(C)(C)C)c1ccc(C(C)(C)C)cc1. The zero-order chi connectivity index (χ0) is 20.6. The maximum atomic E-state index is 2.37. The van der Waals surface area contributed by atoms with E-state index in [1.165, 1.54) is 22.3 Å². The summed E-state index contributed by atoms with van der Waals surface area (Å²) < 4.78 is 0. The molecular formula is C27H40. The average Bonchev–Trinajstić information content (AvgIpc) is 2.52. The first-order chi connectivity index (χ1) is 12.2. The molecule has 0 amide bonds. The average molecular weight is 365 g/mol. The van der Waals surface area contributed by atoms with Crippen LogP contribution in [0.15, 0.2) is 42.5 Å². The highest BCUT2D eigenvalue weighted by atomic mass is 14.3. The van der Waals surface area contributed by atoms with Crippen molar-refractivity contribution in [1.82, 2.24) is 0 Å². The lowest BCUT2D eigenvalue weighted by Crippen LogP contribution is -2.22. The van der Waals surface area contributed by atoms with Crippen molar-refractivity contribution in [2.24, 2.45) is 0 Å². The lowest BCUT2D eigenvalue weighted by atomic mass is 9.73. The van der Waals surface area contributed by atoms with Gasteiger partial charge in [0.25, 0.3) is 0 Å². The van der Waals surface area contributed by atoms with Gasteiger partial charge in [0.05, 0.1) is 0 Å². The smallest absolute Gasteiger partial charge is 0.0129 e. The molecule has 0 heterocycles. The Morgan fingerprint density at radius 3 is 1.44 bits per heavy atom. The Balaban J connectivity index is 2.43. The molecule has 0 saturated carbocycles. The Morgan fingerprint density at radius 1 is 0.630 bits per heavy atom. The van der Waals surface area contributed by atoms with Crippen molar-refractivity contribution in [1.29, 1.82) is 0 Å². The molecule has 2 aromatic carbocycles. The first kappa shape index (κ1) is 21.7. The van der Waals surface area contributed by atoms with Crippen LogP contribution in [0.3, 0.4) is 0 Å². The lowest BCUT2D eigenvalue weighted by molar-refractivity contribution is 0.548. The first-order valence-electron chi connectivity index (χ1n) is 10.4. The van der Waals surface area contributed by atoms with Crippen molar-refractivity contribution < 1.29 is 0 Å². The van der Waals surface area contributed by atoms with E-state index in [0.29, 0.717) is 5.92 Å². The van der Waals surface area contributed by atoms with Crippen LogP contribution >= 0.6 is 0 Å². The predicted molar refractivity (Wildman–Crippen MR) is 121 cm³/mol. The van der Waals surface area contributed by atoms with Gasteiger partial charge < -0.3 is 0 Å². The highest BCUT2D eigenvalue weighted by Crippen LogP contribution is 2.37. The van der Waals surface area contributed by atoms with E-state index in [1.807, 2.05) is 0 Å². The van der Waals surface area contributed by atoms with Gasteiger partial charge in [-0.2, -0.15) is 0 Å². The van der Waals surface area contributed by atoms with E-state index in [2.05, 4.69) is 112 Å². The molecule has 0 N–H and O–H groups in total. The van der Waals surface area contributed by atoms with E-state index in [9.17, 15) is 0 Å². The largest absolute Gasteiger partial charge is 0.0617 e. The highest BCUT2D eigenvalue weighted by molar-refractivity contribution is 5.44. The van der Waals surface area contributed by atoms with Crippen LogP contribution in [-0.2, 0) is 22.7 Å². The van der Waals surface area contributed by atoms with Crippen LogP contribution in [0.1, 0.15) is 103 Å². The van der Waals surface area contributed by atoms with Gasteiger partial charge in [0.1, 0.15) is 0 Å². The third kappa shape index (κ3) is 5.24. The summed E-state index contributed by atoms with van der Waals surface area (Å²) in [4.78, 5) is 0. The van der Waals surface area contributed by atoms with E-state index in [1.54, 1.807) is 5.56 Å². The van der Waals surface area contributed by atoms with Crippen molar-refractivity contribution in [3.63, 3.8) is 0 Å². The Labute approximate surface area is 168 Å². The second-order valence-corrected chi connectivity index (χ2v) is 11.3. The summed E-state index contributed by atoms with van der Waals surface area (Å²) in [6.07, 6.45) is 1.09. The van der Waals surface area contributed by atoms with Crippen LogP contribution in [-0.4, -0.2) is 0 Å². The third-order valence-electron chi connectivity index (χ3n) is 5.65. The van der Waals surface area contributed by atoms with Gasteiger partial charge in [0.15, 0.2) is 0 Å². The van der Waals surface area contributed by atoms with E-state index < -0.39 is 0 Å². The Hall–Kier alpha value is -1.56. The molecule has 0 aliphatic carbocycles. The van der Waals surface area contributed by atoms with Crippen LogP contribution in [0.2, 0.25) is 0 Å². The maximum absolute atomic E-state index is 2.37.